The maximum absolute atomic E-state index is 2.38. The van der Waals surface area contributed by atoms with E-state index in [0.717, 1.165) is 34.7 Å². The van der Waals surface area contributed by atoms with Crippen molar-refractivity contribution in [2.45, 2.75) is 27.2 Å². The molecule has 0 fully saturated rings. The molecule has 0 spiro atoms. The van der Waals surface area contributed by atoms with E-state index in [0.29, 0.717) is 5.92 Å². The van der Waals surface area contributed by atoms with Crippen molar-refractivity contribution in [1.82, 2.24) is 0 Å². The number of benzene rings is 7. The minimum Gasteiger partial charge on any atom is -0.317 e. The molecule has 8 rings (SSSR count). The second-order valence-electron chi connectivity index (χ2n) is 14.9. The van der Waals surface area contributed by atoms with Crippen LogP contribution in [0, 0.1) is 19.8 Å². The molecule has 278 valence electrons. The summed E-state index contributed by atoms with van der Waals surface area (Å²) in [5, 5.41) is 0. The second-order valence-corrected chi connectivity index (χ2v) is 14.9. The zero-order valence-corrected chi connectivity index (χ0v) is 33.0. The molecule has 2 nitrogen and oxygen atoms in total. The highest BCUT2D eigenvalue weighted by Crippen LogP contribution is 2.37. The molecule has 0 aliphatic heterocycles. The van der Waals surface area contributed by atoms with Gasteiger partial charge in [0, 0.05) is 46.3 Å². The highest BCUT2D eigenvalue weighted by atomic mass is 15.1. The van der Waals surface area contributed by atoms with E-state index in [9.17, 15) is 0 Å². The molecule has 0 amide bonds. The van der Waals surface area contributed by atoms with Crippen molar-refractivity contribution in [3.63, 3.8) is 0 Å². The number of hydrogen-bond acceptors (Lipinski definition) is 2. The minimum absolute atomic E-state index is 0.545. The van der Waals surface area contributed by atoms with Crippen LogP contribution in [-0.4, -0.2) is 0 Å². The molecule has 0 radical (unpaired) electrons. The third-order valence-electron chi connectivity index (χ3n) is 10.6. The van der Waals surface area contributed by atoms with Crippen molar-refractivity contribution in [3.8, 4) is 11.1 Å². The van der Waals surface area contributed by atoms with Gasteiger partial charge in [0.25, 0.3) is 0 Å². The normalized spacial score (nSPS) is 13.8. The molecular formula is C55H48N2. The first kappa shape index (κ1) is 37.0. The van der Waals surface area contributed by atoms with E-state index < -0.39 is 0 Å². The van der Waals surface area contributed by atoms with Gasteiger partial charge in [0.05, 0.1) is 0 Å². The maximum atomic E-state index is 2.38. The quantitative estimate of drug-likeness (QED) is 0.130. The summed E-state index contributed by atoms with van der Waals surface area (Å²) in [7, 11) is 0. The van der Waals surface area contributed by atoms with Gasteiger partial charge >= 0.3 is 0 Å². The summed E-state index contributed by atoms with van der Waals surface area (Å²) in [6.45, 7) is 6.58. The lowest BCUT2D eigenvalue weighted by molar-refractivity contribution is 0.733. The molecule has 0 bridgehead atoms. The topological polar surface area (TPSA) is 6.48 Å². The Bertz CT molecular complexity index is 2500. The van der Waals surface area contributed by atoms with Crippen molar-refractivity contribution in [2.75, 3.05) is 9.80 Å². The van der Waals surface area contributed by atoms with Gasteiger partial charge in [-0.15, -0.1) is 0 Å². The predicted molar refractivity (Wildman–Crippen MR) is 244 cm³/mol. The first-order valence-corrected chi connectivity index (χ1v) is 19.9. The molecule has 1 unspecified atom stereocenters. The molecule has 0 heterocycles. The van der Waals surface area contributed by atoms with E-state index in [1.807, 2.05) is 0 Å². The molecule has 0 saturated heterocycles. The van der Waals surface area contributed by atoms with Crippen molar-refractivity contribution in [2.24, 2.45) is 5.92 Å². The van der Waals surface area contributed by atoms with E-state index in [1.54, 1.807) is 0 Å². The van der Waals surface area contributed by atoms with Crippen LogP contribution in [0.5, 0.6) is 0 Å². The average Bonchev–Trinajstić information content (AvgIpc) is 3.26. The summed E-state index contributed by atoms with van der Waals surface area (Å²) in [4.78, 5) is 4.64. The number of hydrogen-bond donors (Lipinski definition) is 0. The Hall–Kier alpha value is -6.90. The molecule has 0 saturated carbocycles. The van der Waals surface area contributed by atoms with Crippen molar-refractivity contribution < 1.29 is 0 Å². The van der Waals surface area contributed by atoms with E-state index in [-0.39, 0.29) is 0 Å². The number of aryl methyl sites for hydroxylation is 2. The van der Waals surface area contributed by atoms with Gasteiger partial charge in [0.1, 0.15) is 0 Å². The first-order chi connectivity index (χ1) is 28.0. The molecular weight excluding hydrogens is 689 g/mol. The Morgan fingerprint density at radius 3 is 1.28 bits per heavy atom. The van der Waals surface area contributed by atoms with Gasteiger partial charge < -0.3 is 9.80 Å². The van der Waals surface area contributed by atoms with Gasteiger partial charge in [0.15, 0.2) is 0 Å². The minimum atomic E-state index is 0.545. The van der Waals surface area contributed by atoms with Gasteiger partial charge in [-0.25, -0.2) is 0 Å². The fraction of sp³-hybridized carbons (Fsp3) is 0.0909. The number of allylic oxidation sites excluding steroid dienone is 5. The molecule has 57 heavy (non-hydrogen) atoms. The monoisotopic (exact) mass is 736 g/mol. The van der Waals surface area contributed by atoms with Crippen LogP contribution in [-0.2, 0) is 0 Å². The SMILES string of the molecule is Cc1cccc(N(C=C(c2ccccc2)c2ccccc2)c2ccc(-c3ccc(N(/C=C(\C4=CCC(C)C=C4)c4ccccc4)c4cccc(C)c4)cc3)cc2)c1. The average molecular weight is 737 g/mol. The lowest BCUT2D eigenvalue weighted by atomic mass is 9.91. The van der Waals surface area contributed by atoms with E-state index in [2.05, 4.69) is 249 Å². The Morgan fingerprint density at radius 2 is 0.877 bits per heavy atom. The lowest BCUT2D eigenvalue weighted by Gasteiger charge is -2.25. The Labute approximate surface area is 338 Å². The van der Waals surface area contributed by atoms with Crippen LogP contribution in [0.2, 0.25) is 0 Å². The van der Waals surface area contributed by atoms with Gasteiger partial charge in [-0.1, -0.05) is 165 Å². The molecule has 1 aliphatic rings. The number of anilines is 4. The standard InChI is InChI=1S/C55H48N2/c1-41-25-27-49(28-26-41)55(48-21-11-6-12-22-48)40-57(53-24-14-16-43(3)38-53)51-35-31-45(32-36-51)44-29-33-50(34-30-44)56(52-23-13-15-42(2)37-52)39-54(46-17-7-4-8-18-46)47-19-9-5-10-20-47/h4-25,27-41H,26H2,1-3H3/b55-40-. The number of nitrogens with zero attached hydrogens (tertiary/aromatic N) is 2. The Balaban J connectivity index is 1.16. The van der Waals surface area contributed by atoms with Gasteiger partial charge in [-0.2, -0.15) is 0 Å². The van der Waals surface area contributed by atoms with Crippen LogP contribution < -0.4 is 9.80 Å². The van der Waals surface area contributed by atoms with Crippen LogP contribution in [0.1, 0.15) is 41.2 Å². The van der Waals surface area contributed by atoms with Crippen LogP contribution in [0.4, 0.5) is 22.7 Å². The smallest absolute Gasteiger partial charge is 0.0458 e. The second kappa shape index (κ2) is 17.3. The molecule has 2 heteroatoms. The largest absolute Gasteiger partial charge is 0.317 e. The van der Waals surface area contributed by atoms with E-state index >= 15 is 0 Å². The summed E-state index contributed by atoms with van der Waals surface area (Å²) in [5.41, 5.74) is 16.4. The van der Waals surface area contributed by atoms with Crippen LogP contribution in [0.3, 0.4) is 0 Å². The van der Waals surface area contributed by atoms with Crippen molar-refractivity contribution >= 4 is 33.9 Å². The molecule has 7 aromatic rings. The third-order valence-corrected chi connectivity index (χ3v) is 10.6. The Morgan fingerprint density at radius 1 is 0.456 bits per heavy atom. The zero-order valence-electron chi connectivity index (χ0n) is 33.0. The maximum Gasteiger partial charge on any atom is 0.0458 e. The van der Waals surface area contributed by atoms with Gasteiger partial charge in [0.2, 0.25) is 0 Å². The van der Waals surface area contributed by atoms with Gasteiger partial charge in [-0.3, -0.25) is 0 Å². The summed E-state index contributed by atoms with van der Waals surface area (Å²) in [6.07, 6.45) is 12.6. The van der Waals surface area contributed by atoms with E-state index in [1.165, 1.54) is 50.1 Å². The fourth-order valence-corrected chi connectivity index (χ4v) is 7.45. The molecule has 0 aromatic heterocycles. The van der Waals surface area contributed by atoms with Crippen LogP contribution in [0.15, 0.2) is 224 Å². The Kier molecular flexibility index (Phi) is 11.2. The van der Waals surface area contributed by atoms with Crippen LogP contribution in [0.25, 0.3) is 22.3 Å². The molecule has 0 N–H and O–H groups in total. The lowest BCUT2D eigenvalue weighted by Crippen LogP contribution is -2.11. The summed E-state index contributed by atoms with van der Waals surface area (Å²) in [5.74, 6) is 0.545. The zero-order chi connectivity index (χ0) is 39.0. The summed E-state index contributed by atoms with van der Waals surface area (Å²) >= 11 is 0. The van der Waals surface area contributed by atoms with E-state index in [4.69, 9.17) is 0 Å². The highest BCUT2D eigenvalue weighted by Gasteiger charge is 2.16. The molecule has 1 aliphatic carbocycles. The van der Waals surface area contributed by atoms with Gasteiger partial charge in [-0.05, 0) is 119 Å². The van der Waals surface area contributed by atoms with Crippen molar-refractivity contribution in [1.29, 1.82) is 0 Å². The molecule has 7 aromatic carbocycles. The highest BCUT2D eigenvalue weighted by molar-refractivity contribution is 5.87. The third kappa shape index (κ3) is 8.82. The molecule has 1 atom stereocenters. The van der Waals surface area contributed by atoms with Crippen molar-refractivity contribution in [3.05, 3.63) is 252 Å². The fourth-order valence-electron chi connectivity index (χ4n) is 7.45. The van der Waals surface area contributed by atoms with Crippen LogP contribution >= 0.6 is 0 Å². The summed E-state index contributed by atoms with van der Waals surface area (Å²) < 4.78 is 0. The predicted octanol–water partition coefficient (Wildman–Crippen LogP) is 14.9. The number of rotatable bonds is 11. The summed E-state index contributed by atoms with van der Waals surface area (Å²) in [6, 6.07) is 67.4. The first-order valence-electron chi connectivity index (χ1n) is 19.9.